The number of nitro groups is 1. The summed E-state index contributed by atoms with van der Waals surface area (Å²) < 4.78 is 0. The van der Waals surface area contributed by atoms with Crippen molar-refractivity contribution < 1.29 is 14.5 Å². The Bertz CT molecular complexity index is 900. The highest BCUT2D eigenvalue weighted by atomic mass is 35.5. The molecule has 1 aliphatic rings. The van der Waals surface area contributed by atoms with Gasteiger partial charge in [0, 0.05) is 29.7 Å². The Morgan fingerprint density at radius 2 is 2.04 bits per heavy atom. The first kappa shape index (κ1) is 17.9. The van der Waals surface area contributed by atoms with E-state index in [2.05, 4.69) is 5.32 Å². The van der Waals surface area contributed by atoms with Crippen LogP contribution in [0.3, 0.4) is 0 Å². The number of carbonyl (C=O) groups excluding carboxylic acids is 2. The summed E-state index contributed by atoms with van der Waals surface area (Å²) in [5.74, 6) is -1.16. The van der Waals surface area contributed by atoms with Gasteiger partial charge in [0.25, 0.3) is 5.69 Å². The molecular formula is C18H16ClN3O4. The van der Waals surface area contributed by atoms with Crippen molar-refractivity contribution in [3.8, 4) is 0 Å². The smallest absolute Gasteiger partial charge is 0.294 e. The molecule has 0 spiro atoms. The van der Waals surface area contributed by atoms with Crippen LogP contribution in [-0.2, 0) is 9.59 Å². The maximum atomic E-state index is 12.5. The van der Waals surface area contributed by atoms with Gasteiger partial charge in [-0.15, -0.1) is 0 Å². The molecule has 0 bridgehead atoms. The average molecular weight is 374 g/mol. The van der Waals surface area contributed by atoms with Crippen molar-refractivity contribution in [3.05, 3.63) is 63.2 Å². The third-order valence-corrected chi connectivity index (χ3v) is 4.55. The second-order valence-corrected chi connectivity index (χ2v) is 6.54. The summed E-state index contributed by atoms with van der Waals surface area (Å²) in [6, 6.07) is 11.5. The average Bonchev–Trinajstić information content (AvgIpc) is 2.98. The van der Waals surface area contributed by atoms with Crippen molar-refractivity contribution in [3.63, 3.8) is 0 Å². The molecule has 3 rings (SSSR count). The molecule has 134 valence electrons. The van der Waals surface area contributed by atoms with Crippen LogP contribution < -0.4 is 10.2 Å². The van der Waals surface area contributed by atoms with Gasteiger partial charge in [0.15, 0.2) is 0 Å². The number of nitrogens with zero attached hydrogens (tertiary/aromatic N) is 2. The van der Waals surface area contributed by atoms with Gasteiger partial charge in [0.2, 0.25) is 11.8 Å². The number of carbonyl (C=O) groups is 2. The number of aryl methyl sites for hydroxylation is 1. The van der Waals surface area contributed by atoms with Gasteiger partial charge in [-0.2, -0.15) is 0 Å². The number of hydrogen-bond acceptors (Lipinski definition) is 4. The molecule has 2 aromatic rings. The normalized spacial score (nSPS) is 16.6. The minimum absolute atomic E-state index is 0.0571. The van der Waals surface area contributed by atoms with E-state index in [0.717, 1.165) is 11.3 Å². The largest absolute Gasteiger partial charge is 0.320 e. The first-order valence-electron chi connectivity index (χ1n) is 7.97. The third kappa shape index (κ3) is 3.52. The topological polar surface area (TPSA) is 92.6 Å². The van der Waals surface area contributed by atoms with Gasteiger partial charge in [-0.3, -0.25) is 19.7 Å². The molecule has 1 unspecified atom stereocenters. The lowest BCUT2D eigenvalue weighted by Crippen LogP contribution is -2.28. The van der Waals surface area contributed by atoms with E-state index in [1.807, 2.05) is 31.2 Å². The van der Waals surface area contributed by atoms with E-state index in [0.29, 0.717) is 0 Å². The number of rotatable bonds is 4. The maximum Gasteiger partial charge on any atom is 0.294 e. The quantitative estimate of drug-likeness (QED) is 0.655. The Morgan fingerprint density at radius 1 is 1.31 bits per heavy atom. The molecule has 0 radical (unpaired) electrons. The summed E-state index contributed by atoms with van der Waals surface area (Å²) in [6.45, 7) is 2.13. The van der Waals surface area contributed by atoms with Crippen LogP contribution in [0.15, 0.2) is 42.5 Å². The minimum Gasteiger partial charge on any atom is -0.320 e. The highest BCUT2D eigenvalue weighted by molar-refractivity contribution is 6.31. The summed E-state index contributed by atoms with van der Waals surface area (Å²) in [7, 11) is 0. The van der Waals surface area contributed by atoms with Gasteiger partial charge in [-0.05, 0) is 30.7 Å². The Kier molecular flexibility index (Phi) is 4.90. The van der Waals surface area contributed by atoms with E-state index in [-0.39, 0.29) is 35.3 Å². The monoisotopic (exact) mass is 373 g/mol. The van der Waals surface area contributed by atoms with Gasteiger partial charge in [-0.25, -0.2) is 0 Å². The summed E-state index contributed by atoms with van der Waals surface area (Å²) in [5, 5.41) is 13.9. The highest BCUT2D eigenvalue weighted by Gasteiger charge is 2.36. The molecule has 1 atom stereocenters. The molecule has 1 aliphatic heterocycles. The second kappa shape index (κ2) is 7.13. The van der Waals surface area contributed by atoms with Gasteiger partial charge >= 0.3 is 0 Å². The van der Waals surface area contributed by atoms with Crippen LogP contribution in [0.25, 0.3) is 0 Å². The molecule has 1 heterocycles. The molecule has 2 aromatic carbocycles. The molecule has 0 aromatic heterocycles. The summed E-state index contributed by atoms with van der Waals surface area (Å²) in [5.41, 5.74) is 1.48. The third-order valence-electron chi connectivity index (χ3n) is 4.32. The SMILES string of the molecule is Cc1ccccc1N1CC(C(=O)Nc2ccc(Cl)cc2[N+](=O)[O-])CC1=O. The fraction of sp³-hybridized carbons (Fsp3) is 0.222. The number of halogens is 1. The highest BCUT2D eigenvalue weighted by Crippen LogP contribution is 2.31. The van der Waals surface area contributed by atoms with Crippen LogP contribution in [0.2, 0.25) is 5.02 Å². The Labute approximate surface area is 154 Å². The predicted octanol–water partition coefficient (Wildman–Crippen LogP) is 3.55. The lowest BCUT2D eigenvalue weighted by molar-refractivity contribution is -0.383. The Hall–Kier alpha value is -2.93. The first-order chi connectivity index (χ1) is 12.4. The zero-order valence-corrected chi connectivity index (χ0v) is 14.7. The maximum absolute atomic E-state index is 12.5. The van der Waals surface area contributed by atoms with Crippen molar-refractivity contribution in [1.82, 2.24) is 0 Å². The molecule has 8 heteroatoms. The molecule has 7 nitrogen and oxygen atoms in total. The number of hydrogen-bond donors (Lipinski definition) is 1. The van der Waals surface area contributed by atoms with Crippen LogP contribution in [0.4, 0.5) is 17.1 Å². The summed E-state index contributed by atoms with van der Waals surface area (Å²) >= 11 is 5.78. The van der Waals surface area contributed by atoms with E-state index in [9.17, 15) is 19.7 Å². The van der Waals surface area contributed by atoms with Crippen LogP contribution in [-0.4, -0.2) is 23.3 Å². The van der Waals surface area contributed by atoms with Crippen molar-refractivity contribution in [2.45, 2.75) is 13.3 Å². The van der Waals surface area contributed by atoms with Gasteiger partial charge in [-0.1, -0.05) is 29.8 Å². The predicted molar refractivity (Wildman–Crippen MR) is 98.4 cm³/mol. The second-order valence-electron chi connectivity index (χ2n) is 6.10. The van der Waals surface area contributed by atoms with Crippen LogP contribution in [0, 0.1) is 23.0 Å². The Balaban J connectivity index is 1.77. The number of nitrogens with one attached hydrogen (secondary N) is 1. The zero-order chi connectivity index (χ0) is 18.8. The molecule has 1 N–H and O–H groups in total. The van der Waals surface area contributed by atoms with Crippen LogP contribution in [0.1, 0.15) is 12.0 Å². The van der Waals surface area contributed by atoms with Crippen molar-refractivity contribution >= 4 is 40.5 Å². The first-order valence-corrected chi connectivity index (χ1v) is 8.35. The van der Waals surface area contributed by atoms with E-state index >= 15 is 0 Å². The summed E-state index contributed by atoms with van der Waals surface area (Å²) in [6.07, 6.45) is 0.0571. The van der Waals surface area contributed by atoms with E-state index < -0.39 is 16.7 Å². The number of benzene rings is 2. The van der Waals surface area contributed by atoms with Crippen molar-refractivity contribution in [2.75, 3.05) is 16.8 Å². The molecule has 1 saturated heterocycles. The van der Waals surface area contributed by atoms with Gasteiger partial charge in [0.1, 0.15) is 5.69 Å². The van der Waals surface area contributed by atoms with E-state index in [1.54, 1.807) is 4.90 Å². The molecule has 0 saturated carbocycles. The molecule has 2 amide bonds. The van der Waals surface area contributed by atoms with Gasteiger partial charge < -0.3 is 10.2 Å². The number of anilines is 2. The molecule has 1 fully saturated rings. The fourth-order valence-electron chi connectivity index (χ4n) is 2.98. The fourth-order valence-corrected chi connectivity index (χ4v) is 3.14. The lowest BCUT2D eigenvalue weighted by Gasteiger charge is -2.19. The van der Waals surface area contributed by atoms with Crippen LogP contribution >= 0.6 is 11.6 Å². The number of para-hydroxylation sites is 1. The number of amides is 2. The zero-order valence-electron chi connectivity index (χ0n) is 13.9. The molecular weight excluding hydrogens is 358 g/mol. The van der Waals surface area contributed by atoms with Crippen molar-refractivity contribution in [1.29, 1.82) is 0 Å². The Morgan fingerprint density at radius 3 is 2.73 bits per heavy atom. The van der Waals surface area contributed by atoms with Gasteiger partial charge in [0.05, 0.1) is 10.8 Å². The number of nitro benzene ring substituents is 1. The molecule has 0 aliphatic carbocycles. The standard InChI is InChI=1S/C18H16ClN3O4/c1-11-4-2-3-5-15(11)21-10-12(8-17(21)23)18(24)20-14-7-6-13(19)9-16(14)22(25)26/h2-7,9,12H,8,10H2,1H3,(H,20,24). The lowest BCUT2D eigenvalue weighted by atomic mass is 10.1. The van der Waals surface area contributed by atoms with Crippen molar-refractivity contribution in [2.24, 2.45) is 5.92 Å². The van der Waals surface area contributed by atoms with E-state index in [4.69, 9.17) is 11.6 Å². The minimum atomic E-state index is -0.610. The summed E-state index contributed by atoms with van der Waals surface area (Å²) in [4.78, 5) is 37.0. The van der Waals surface area contributed by atoms with Crippen LogP contribution in [0.5, 0.6) is 0 Å². The molecule has 26 heavy (non-hydrogen) atoms. The van der Waals surface area contributed by atoms with E-state index in [1.165, 1.54) is 18.2 Å².